The highest BCUT2D eigenvalue weighted by Gasteiger charge is 2.41. The lowest BCUT2D eigenvalue weighted by atomic mass is 9.73. The average molecular weight is 316 g/mol. The largest absolute Gasteiger partial charge is 0.481 e. The molecule has 1 fully saturated rings. The molecular formula is C14H15Cl2NO3. The predicted octanol–water partition coefficient (Wildman–Crippen LogP) is 2.76. The number of hydrogen-bond acceptors (Lipinski definition) is 2. The first kappa shape index (κ1) is 15.1. The number of aliphatic carboxylic acids is 1. The molecule has 1 aliphatic rings. The van der Waals surface area contributed by atoms with E-state index in [9.17, 15) is 9.59 Å². The molecule has 6 heteroatoms. The fraction of sp³-hybridized carbons (Fsp3) is 0.429. The Hall–Kier alpha value is -1.26. The van der Waals surface area contributed by atoms with Crippen molar-refractivity contribution in [2.45, 2.75) is 19.3 Å². The van der Waals surface area contributed by atoms with Crippen molar-refractivity contribution < 1.29 is 14.7 Å². The summed E-state index contributed by atoms with van der Waals surface area (Å²) >= 11 is 12.0. The molecule has 1 amide bonds. The average Bonchev–Trinajstić information content (AvgIpc) is 2.32. The summed E-state index contributed by atoms with van der Waals surface area (Å²) in [6.07, 6.45) is 1.78. The van der Waals surface area contributed by atoms with Crippen LogP contribution in [0.4, 0.5) is 0 Å². The van der Waals surface area contributed by atoms with E-state index in [1.807, 2.05) is 6.07 Å². The minimum atomic E-state index is -0.894. The van der Waals surface area contributed by atoms with E-state index in [4.69, 9.17) is 28.3 Å². The molecule has 0 heterocycles. The van der Waals surface area contributed by atoms with Crippen molar-refractivity contribution >= 4 is 35.1 Å². The highest BCUT2D eigenvalue weighted by atomic mass is 35.5. The molecule has 0 bridgehead atoms. The second kappa shape index (κ2) is 6.46. The number of halogens is 2. The molecule has 20 heavy (non-hydrogen) atoms. The van der Waals surface area contributed by atoms with Gasteiger partial charge in [0.05, 0.1) is 21.9 Å². The molecule has 108 valence electrons. The van der Waals surface area contributed by atoms with Crippen LogP contribution in [0.2, 0.25) is 10.0 Å². The normalized spacial score (nSPS) is 21.1. The molecule has 1 aliphatic carbocycles. The van der Waals surface area contributed by atoms with E-state index < -0.39 is 17.8 Å². The van der Waals surface area contributed by atoms with Crippen molar-refractivity contribution in [3.63, 3.8) is 0 Å². The van der Waals surface area contributed by atoms with Crippen LogP contribution >= 0.6 is 23.2 Å². The van der Waals surface area contributed by atoms with Crippen molar-refractivity contribution in [2.24, 2.45) is 11.8 Å². The fourth-order valence-corrected chi connectivity index (χ4v) is 2.72. The van der Waals surface area contributed by atoms with Gasteiger partial charge in [-0.2, -0.15) is 0 Å². The number of rotatable bonds is 5. The topological polar surface area (TPSA) is 66.4 Å². The Labute approximate surface area is 127 Å². The minimum absolute atomic E-state index is 0.193. The smallest absolute Gasteiger partial charge is 0.307 e. The number of carboxylic acids is 1. The van der Waals surface area contributed by atoms with E-state index in [1.165, 1.54) is 0 Å². The number of benzene rings is 1. The van der Waals surface area contributed by atoms with Gasteiger partial charge < -0.3 is 10.4 Å². The molecule has 1 aromatic carbocycles. The summed E-state index contributed by atoms with van der Waals surface area (Å²) in [5.41, 5.74) is 0.864. The van der Waals surface area contributed by atoms with E-state index in [0.29, 0.717) is 35.9 Å². The van der Waals surface area contributed by atoms with Gasteiger partial charge in [0.25, 0.3) is 0 Å². The Morgan fingerprint density at radius 3 is 2.55 bits per heavy atom. The minimum Gasteiger partial charge on any atom is -0.481 e. The van der Waals surface area contributed by atoms with Gasteiger partial charge in [-0.1, -0.05) is 35.3 Å². The third-order valence-electron chi connectivity index (χ3n) is 3.65. The van der Waals surface area contributed by atoms with Gasteiger partial charge in [0.1, 0.15) is 0 Å². The van der Waals surface area contributed by atoms with Gasteiger partial charge in [-0.25, -0.2) is 0 Å². The molecule has 4 nitrogen and oxygen atoms in total. The van der Waals surface area contributed by atoms with Gasteiger partial charge in [-0.3, -0.25) is 9.59 Å². The zero-order chi connectivity index (χ0) is 14.7. The van der Waals surface area contributed by atoms with E-state index in [1.54, 1.807) is 12.1 Å². The van der Waals surface area contributed by atoms with E-state index in [0.717, 1.165) is 5.56 Å². The number of amides is 1. The number of nitrogens with one attached hydrogen (secondary N) is 1. The fourth-order valence-electron chi connectivity index (χ4n) is 2.30. The van der Waals surface area contributed by atoms with Gasteiger partial charge in [0, 0.05) is 6.54 Å². The van der Waals surface area contributed by atoms with Crippen molar-refractivity contribution in [3.8, 4) is 0 Å². The van der Waals surface area contributed by atoms with Crippen molar-refractivity contribution in [3.05, 3.63) is 33.8 Å². The molecular weight excluding hydrogens is 301 g/mol. The van der Waals surface area contributed by atoms with Gasteiger partial charge in [0.2, 0.25) is 5.91 Å². The number of carbonyl (C=O) groups excluding carboxylic acids is 1. The van der Waals surface area contributed by atoms with Crippen LogP contribution in [-0.4, -0.2) is 23.5 Å². The Bertz CT molecular complexity index is 533. The molecule has 0 spiro atoms. The molecule has 2 atom stereocenters. The molecule has 0 radical (unpaired) electrons. The second-order valence-corrected chi connectivity index (χ2v) is 5.67. The van der Waals surface area contributed by atoms with Gasteiger partial charge in [-0.05, 0) is 30.9 Å². The quantitative estimate of drug-likeness (QED) is 0.878. The van der Waals surface area contributed by atoms with Crippen LogP contribution in [0.1, 0.15) is 18.4 Å². The van der Waals surface area contributed by atoms with Crippen LogP contribution in [-0.2, 0) is 16.0 Å². The number of hydrogen-bond donors (Lipinski definition) is 2. The molecule has 0 aliphatic heterocycles. The zero-order valence-corrected chi connectivity index (χ0v) is 12.2. The van der Waals surface area contributed by atoms with Crippen molar-refractivity contribution in [1.82, 2.24) is 5.32 Å². The first-order valence-electron chi connectivity index (χ1n) is 6.44. The highest BCUT2D eigenvalue weighted by molar-refractivity contribution is 6.42. The predicted molar refractivity (Wildman–Crippen MR) is 77.0 cm³/mol. The lowest BCUT2D eigenvalue weighted by molar-refractivity contribution is -0.152. The van der Waals surface area contributed by atoms with Crippen molar-refractivity contribution in [1.29, 1.82) is 0 Å². The maximum absolute atomic E-state index is 11.8. The van der Waals surface area contributed by atoms with Crippen molar-refractivity contribution in [2.75, 3.05) is 6.54 Å². The number of carboxylic acid groups (broad SMARTS) is 1. The Morgan fingerprint density at radius 1 is 1.25 bits per heavy atom. The Balaban J connectivity index is 1.83. The third-order valence-corrected chi connectivity index (χ3v) is 4.51. The molecule has 1 saturated carbocycles. The molecule has 2 unspecified atom stereocenters. The highest BCUT2D eigenvalue weighted by Crippen LogP contribution is 2.34. The Morgan fingerprint density at radius 2 is 1.95 bits per heavy atom. The molecule has 1 aromatic rings. The standard InChI is InChI=1S/C14H15Cl2NO3/c15-11-3-1-2-8(12(11)16)6-7-17-13(18)9-4-5-10(9)14(19)20/h1-3,9-10H,4-7H2,(H,17,18)(H,19,20). The first-order chi connectivity index (χ1) is 9.50. The van der Waals surface area contributed by atoms with Crippen LogP contribution in [0.5, 0.6) is 0 Å². The monoisotopic (exact) mass is 315 g/mol. The first-order valence-corrected chi connectivity index (χ1v) is 7.19. The third kappa shape index (κ3) is 3.25. The second-order valence-electron chi connectivity index (χ2n) is 4.88. The maximum Gasteiger partial charge on any atom is 0.307 e. The van der Waals surface area contributed by atoms with Gasteiger partial charge in [0.15, 0.2) is 0 Å². The van der Waals surface area contributed by atoms with Crippen LogP contribution < -0.4 is 5.32 Å². The van der Waals surface area contributed by atoms with Crippen LogP contribution in [0.25, 0.3) is 0 Å². The van der Waals surface area contributed by atoms with Gasteiger partial charge >= 0.3 is 5.97 Å². The molecule has 0 aromatic heterocycles. The molecule has 2 rings (SSSR count). The SMILES string of the molecule is O=C(O)C1CCC1C(=O)NCCc1cccc(Cl)c1Cl. The van der Waals surface area contributed by atoms with Crippen LogP contribution in [0.15, 0.2) is 18.2 Å². The summed E-state index contributed by atoms with van der Waals surface area (Å²) in [6.45, 7) is 0.418. The van der Waals surface area contributed by atoms with Crippen LogP contribution in [0.3, 0.4) is 0 Å². The summed E-state index contributed by atoms with van der Waals surface area (Å²) < 4.78 is 0. The summed E-state index contributed by atoms with van der Waals surface area (Å²) in [5.74, 6) is -2.02. The zero-order valence-electron chi connectivity index (χ0n) is 10.7. The van der Waals surface area contributed by atoms with E-state index >= 15 is 0 Å². The summed E-state index contributed by atoms with van der Waals surface area (Å²) in [7, 11) is 0. The lowest BCUT2D eigenvalue weighted by Crippen LogP contribution is -2.44. The molecule has 0 saturated heterocycles. The van der Waals surface area contributed by atoms with E-state index in [-0.39, 0.29) is 5.91 Å². The number of carbonyl (C=O) groups is 2. The molecule has 2 N–H and O–H groups in total. The van der Waals surface area contributed by atoms with Gasteiger partial charge in [-0.15, -0.1) is 0 Å². The summed E-state index contributed by atoms with van der Waals surface area (Å²) in [5, 5.41) is 12.7. The van der Waals surface area contributed by atoms with Crippen LogP contribution in [0, 0.1) is 11.8 Å². The van der Waals surface area contributed by atoms with E-state index in [2.05, 4.69) is 5.32 Å². The Kier molecular flexibility index (Phi) is 4.89. The summed E-state index contributed by atoms with van der Waals surface area (Å²) in [6, 6.07) is 5.36. The summed E-state index contributed by atoms with van der Waals surface area (Å²) in [4.78, 5) is 22.7. The lowest BCUT2D eigenvalue weighted by Gasteiger charge is -2.31. The maximum atomic E-state index is 11.8.